The van der Waals surface area contributed by atoms with Gasteiger partial charge in [-0.1, -0.05) is 26.3 Å². The Morgan fingerprint density at radius 3 is 2.94 bits per heavy atom. The highest BCUT2D eigenvalue weighted by atomic mass is 32.2. The first kappa shape index (κ1) is 13.6. The van der Waals surface area contributed by atoms with Crippen molar-refractivity contribution in [3.63, 3.8) is 0 Å². The van der Waals surface area contributed by atoms with Crippen molar-refractivity contribution in [1.82, 2.24) is 0 Å². The summed E-state index contributed by atoms with van der Waals surface area (Å²) in [6.45, 7) is 8.02. The van der Waals surface area contributed by atoms with E-state index in [1.54, 1.807) is 11.8 Å². The van der Waals surface area contributed by atoms with Crippen molar-refractivity contribution >= 4 is 17.5 Å². The van der Waals surface area contributed by atoms with Crippen LogP contribution >= 0.6 is 11.8 Å². The Morgan fingerprint density at radius 2 is 2.31 bits per heavy atom. The van der Waals surface area contributed by atoms with Gasteiger partial charge < -0.3 is 0 Å². The van der Waals surface area contributed by atoms with E-state index >= 15 is 0 Å². The molecule has 0 bridgehead atoms. The molecule has 1 fully saturated rings. The molecule has 1 rings (SSSR count). The lowest BCUT2D eigenvalue weighted by molar-refractivity contribution is -0.121. The Bertz CT molecular complexity index is 280. The SMILES string of the molecule is C=CC1CCC(=CSCCCC)C(=O)C1C. The van der Waals surface area contributed by atoms with Crippen LogP contribution in [0.4, 0.5) is 0 Å². The molecule has 2 unspecified atom stereocenters. The van der Waals surface area contributed by atoms with Gasteiger partial charge in [0.05, 0.1) is 0 Å². The summed E-state index contributed by atoms with van der Waals surface area (Å²) in [5.41, 5.74) is 1.03. The Kier molecular flexibility index (Phi) is 5.89. The first-order chi connectivity index (χ1) is 7.70. The molecule has 0 heterocycles. The quantitative estimate of drug-likeness (QED) is 0.405. The van der Waals surface area contributed by atoms with Gasteiger partial charge in [0.1, 0.15) is 0 Å². The average Bonchev–Trinajstić information content (AvgIpc) is 2.30. The molecule has 2 atom stereocenters. The van der Waals surface area contributed by atoms with Crippen LogP contribution in [0.25, 0.3) is 0 Å². The van der Waals surface area contributed by atoms with E-state index in [-0.39, 0.29) is 5.92 Å². The van der Waals surface area contributed by atoms with Gasteiger partial charge in [0, 0.05) is 11.5 Å². The maximum atomic E-state index is 12.0. The number of rotatable bonds is 5. The molecule has 0 saturated heterocycles. The fourth-order valence-electron chi connectivity index (χ4n) is 2.01. The Morgan fingerprint density at radius 1 is 1.56 bits per heavy atom. The van der Waals surface area contributed by atoms with Gasteiger partial charge in [0.15, 0.2) is 5.78 Å². The number of Topliss-reactive ketones (excluding diaryl/α,β-unsaturated/α-hetero) is 1. The van der Waals surface area contributed by atoms with Crippen molar-refractivity contribution in [2.24, 2.45) is 11.8 Å². The number of allylic oxidation sites excluding steroid dienone is 2. The van der Waals surface area contributed by atoms with Crippen molar-refractivity contribution in [2.75, 3.05) is 5.75 Å². The summed E-state index contributed by atoms with van der Waals surface area (Å²) in [4.78, 5) is 12.0. The first-order valence-corrected chi connectivity index (χ1v) is 7.23. The predicted octanol–water partition coefficient (Wildman–Crippen LogP) is 4.20. The van der Waals surface area contributed by atoms with Crippen LogP contribution in [0.1, 0.15) is 39.5 Å². The van der Waals surface area contributed by atoms with Gasteiger partial charge >= 0.3 is 0 Å². The molecule has 16 heavy (non-hydrogen) atoms. The zero-order valence-electron chi connectivity index (χ0n) is 10.4. The van der Waals surface area contributed by atoms with Gasteiger partial charge in [-0.05, 0) is 36.3 Å². The molecular formula is C14H22OS. The number of thioether (sulfide) groups is 1. The highest BCUT2D eigenvalue weighted by Crippen LogP contribution is 2.32. The molecule has 0 aromatic carbocycles. The molecule has 0 N–H and O–H groups in total. The lowest BCUT2D eigenvalue weighted by atomic mass is 9.77. The summed E-state index contributed by atoms with van der Waals surface area (Å²) in [5.74, 6) is 1.97. The fraction of sp³-hybridized carbons (Fsp3) is 0.643. The van der Waals surface area contributed by atoms with Crippen LogP contribution < -0.4 is 0 Å². The van der Waals surface area contributed by atoms with E-state index in [9.17, 15) is 4.79 Å². The number of carbonyl (C=O) groups is 1. The van der Waals surface area contributed by atoms with Gasteiger partial charge in [-0.3, -0.25) is 4.79 Å². The van der Waals surface area contributed by atoms with Crippen LogP contribution in [0.5, 0.6) is 0 Å². The summed E-state index contributed by atoms with van der Waals surface area (Å²) >= 11 is 1.79. The lowest BCUT2D eigenvalue weighted by Crippen LogP contribution is -2.26. The molecule has 0 spiro atoms. The van der Waals surface area contributed by atoms with E-state index < -0.39 is 0 Å². The van der Waals surface area contributed by atoms with Crippen molar-refractivity contribution in [1.29, 1.82) is 0 Å². The largest absolute Gasteiger partial charge is 0.294 e. The van der Waals surface area contributed by atoms with Crippen molar-refractivity contribution in [3.8, 4) is 0 Å². The fourth-order valence-corrected chi connectivity index (χ4v) is 3.02. The van der Waals surface area contributed by atoms with E-state index in [0.29, 0.717) is 11.7 Å². The highest BCUT2D eigenvalue weighted by Gasteiger charge is 2.29. The zero-order valence-corrected chi connectivity index (χ0v) is 11.2. The maximum absolute atomic E-state index is 12.0. The zero-order chi connectivity index (χ0) is 12.0. The minimum atomic E-state index is 0.129. The highest BCUT2D eigenvalue weighted by molar-refractivity contribution is 8.02. The molecule has 1 aliphatic carbocycles. The van der Waals surface area contributed by atoms with Gasteiger partial charge in [-0.15, -0.1) is 18.3 Å². The number of carbonyl (C=O) groups excluding carboxylic acids is 1. The van der Waals surface area contributed by atoms with Crippen LogP contribution in [0.15, 0.2) is 23.6 Å². The molecule has 90 valence electrons. The van der Waals surface area contributed by atoms with Gasteiger partial charge in [-0.25, -0.2) is 0 Å². The van der Waals surface area contributed by atoms with Crippen LogP contribution in [0, 0.1) is 11.8 Å². The number of hydrogen-bond donors (Lipinski definition) is 0. The Balaban J connectivity index is 2.50. The smallest absolute Gasteiger partial charge is 0.162 e. The molecule has 2 heteroatoms. The predicted molar refractivity (Wildman–Crippen MR) is 72.5 cm³/mol. The summed E-state index contributed by atoms with van der Waals surface area (Å²) < 4.78 is 0. The topological polar surface area (TPSA) is 17.1 Å². The van der Waals surface area contributed by atoms with Gasteiger partial charge in [-0.2, -0.15) is 0 Å². The molecule has 0 aromatic rings. The molecule has 1 nitrogen and oxygen atoms in total. The molecule has 0 amide bonds. The van der Waals surface area contributed by atoms with Gasteiger partial charge in [0.25, 0.3) is 0 Å². The first-order valence-electron chi connectivity index (χ1n) is 6.18. The second-order valence-corrected chi connectivity index (χ2v) is 5.44. The van der Waals surface area contributed by atoms with E-state index in [0.717, 1.165) is 24.2 Å². The molecule has 0 aromatic heterocycles. The third-order valence-electron chi connectivity index (χ3n) is 3.26. The molecule has 1 aliphatic rings. The number of unbranched alkanes of at least 4 members (excludes halogenated alkanes) is 1. The molecule has 0 radical (unpaired) electrons. The van der Waals surface area contributed by atoms with Crippen molar-refractivity contribution in [2.45, 2.75) is 39.5 Å². The van der Waals surface area contributed by atoms with Crippen molar-refractivity contribution < 1.29 is 4.79 Å². The normalized spacial score (nSPS) is 28.4. The third kappa shape index (κ3) is 3.51. The monoisotopic (exact) mass is 238 g/mol. The third-order valence-corrected chi connectivity index (χ3v) is 4.24. The van der Waals surface area contributed by atoms with E-state index in [1.165, 1.54) is 12.8 Å². The molecule has 1 saturated carbocycles. The maximum Gasteiger partial charge on any atom is 0.162 e. The van der Waals surface area contributed by atoms with Crippen molar-refractivity contribution in [3.05, 3.63) is 23.6 Å². The standard InChI is InChI=1S/C14H22OS/c1-4-6-9-16-10-13-8-7-12(5-2)11(3)14(13)15/h5,10-12H,2,4,6-9H2,1,3H3. The summed E-state index contributed by atoms with van der Waals surface area (Å²) in [7, 11) is 0. The average molecular weight is 238 g/mol. The molecule has 0 aliphatic heterocycles. The molecular weight excluding hydrogens is 216 g/mol. The van der Waals surface area contributed by atoms with Crippen LogP contribution in [0.2, 0.25) is 0 Å². The minimum Gasteiger partial charge on any atom is -0.294 e. The van der Waals surface area contributed by atoms with Gasteiger partial charge in [0.2, 0.25) is 0 Å². The van der Waals surface area contributed by atoms with E-state index in [1.807, 2.05) is 13.0 Å². The Hall–Kier alpha value is -0.500. The second kappa shape index (κ2) is 6.95. The second-order valence-electron chi connectivity index (χ2n) is 4.46. The number of ketones is 1. The van der Waals surface area contributed by atoms with E-state index in [4.69, 9.17) is 0 Å². The van der Waals surface area contributed by atoms with E-state index in [2.05, 4.69) is 18.9 Å². The van der Waals surface area contributed by atoms with Crippen LogP contribution in [-0.2, 0) is 4.79 Å². The summed E-state index contributed by atoms with van der Waals surface area (Å²) in [6, 6.07) is 0. The Labute approximate surface area is 103 Å². The van der Waals surface area contributed by atoms with Crippen LogP contribution in [-0.4, -0.2) is 11.5 Å². The lowest BCUT2D eigenvalue weighted by Gasteiger charge is -2.26. The minimum absolute atomic E-state index is 0.129. The summed E-state index contributed by atoms with van der Waals surface area (Å²) in [5, 5.41) is 2.09. The number of hydrogen-bond acceptors (Lipinski definition) is 2. The summed E-state index contributed by atoms with van der Waals surface area (Å²) in [6.07, 6.45) is 6.39. The van der Waals surface area contributed by atoms with Crippen LogP contribution in [0.3, 0.4) is 0 Å².